The minimum Gasteiger partial charge on any atom is -0.464 e. The van der Waals surface area contributed by atoms with Crippen molar-refractivity contribution >= 4 is 33.7 Å². The third-order valence-electron chi connectivity index (χ3n) is 0.727. The summed E-state index contributed by atoms with van der Waals surface area (Å²) in [4.78, 5) is 10.7. The second-order valence-corrected chi connectivity index (χ2v) is 3.34. The highest BCUT2D eigenvalue weighted by molar-refractivity contribution is 9.09. The summed E-state index contributed by atoms with van der Waals surface area (Å²) in [7, 11) is 0. The van der Waals surface area contributed by atoms with Crippen LogP contribution < -0.4 is 0 Å². The molecule has 0 bridgehead atoms. The van der Waals surface area contributed by atoms with Crippen molar-refractivity contribution < 1.29 is 9.53 Å². The van der Waals surface area contributed by atoms with Gasteiger partial charge >= 0.3 is 5.97 Å². The molecule has 0 unspecified atom stereocenters. The lowest BCUT2D eigenvalue weighted by Crippen LogP contribution is -2.09. The normalized spacial score (nSPS) is 8.73. The Morgan fingerprint density at radius 2 is 2.45 bits per heavy atom. The summed E-state index contributed by atoms with van der Waals surface area (Å²) in [6.45, 7) is 0.395. The van der Waals surface area contributed by atoms with Crippen LogP contribution in [0.1, 0.15) is 0 Å². The molecule has 5 heteroatoms. The Morgan fingerprint density at radius 3 is 3.00 bits per heavy atom. The molecule has 0 N–H and O–H groups in total. The Balaban J connectivity index is 3.17. The maximum Gasteiger partial charge on any atom is 0.315 e. The third-order valence-corrected chi connectivity index (χ3v) is 1.82. The van der Waals surface area contributed by atoms with Crippen molar-refractivity contribution in [3.63, 3.8) is 0 Å². The van der Waals surface area contributed by atoms with E-state index in [4.69, 9.17) is 10.00 Å². The highest BCUT2D eigenvalue weighted by atomic mass is 79.9. The molecular formula is C6H8BrNO2S. The number of nitrogens with zero attached hydrogens (tertiary/aromatic N) is 1. The van der Waals surface area contributed by atoms with Gasteiger partial charge in [-0.15, -0.1) is 11.8 Å². The molecular weight excluding hydrogens is 230 g/mol. The van der Waals surface area contributed by atoms with E-state index in [0.717, 1.165) is 0 Å². The summed E-state index contributed by atoms with van der Waals surface area (Å²) in [6.07, 6.45) is 0. The molecule has 62 valence electrons. The van der Waals surface area contributed by atoms with Gasteiger partial charge in [0.2, 0.25) is 0 Å². The van der Waals surface area contributed by atoms with Crippen LogP contribution in [0.25, 0.3) is 0 Å². The molecule has 0 fully saturated rings. The Kier molecular flexibility index (Phi) is 7.74. The van der Waals surface area contributed by atoms with Crippen molar-refractivity contribution in [2.24, 2.45) is 0 Å². The van der Waals surface area contributed by atoms with Gasteiger partial charge in [-0.25, -0.2) is 0 Å². The molecule has 0 radical (unpaired) electrons. The van der Waals surface area contributed by atoms with Crippen molar-refractivity contribution in [1.29, 1.82) is 5.26 Å². The number of halogens is 1. The van der Waals surface area contributed by atoms with Crippen LogP contribution in [0, 0.1) is 11.3 Å². The summed E-state index contributed by atoms with van der Waals surface area (Å²) in [5, 5.41) is 8.78. The van der Waals surface area contributed by atoms with Gasteiger partial charge in [-0.1, -0.05) is 15.9 Å². The molecule has 0 aromatic carbocycles. The lowest BCUT2D eigenvalue weighted by molar-refractivity contribution is -0.139. The number of hydrogen-bond donors (Lipinski definition) is 0. The topological polar surface area (TPSA) is 50.1 Å². The monoisotopic (exact) mass is 237 g/mol. The van der Waals surface area contributed by atoms with E-state index < -0.39 is 0 Å². The number of carbonyl (C=O) groups is 1. The van der Waals surface area contributed by atoms with Crippen molar-refractivity contribution in [2.75, 3.05) is 23.4 Å². The number of esters is 1. The van der Waals surface area contributed by atoms with Crippen LogP contribution in [-0.2, 0) is 9.53 Å². The smallest absolute Gasteiger partial charge is 0.315 e. The van der Waals surface area contributed by atoms with Crippen molar-refractivity contribution in [3.8, 4) is 6.07 Å². The molecule has 0 aromatic rings. The van der Waals surface area contributed by atoms with Crippen LogP contribution >= 0.6 is 27.7 Å². The molecule has 0 saturated carbocycles. The zero-order valence-electron chi connectivity index (χ0n) is 5.88. The number of nitriles is 1. The predicted molar refractivity (Wildman–Crippen MR) is 47.7 cm³/mol. The molecule has 11 heavy (non-hydrogen) atoms. The molecule has 0 aliphatic rings. The standard InChI is InChI=1S/C6H8BrNO2S/c7-1-3-10-6(9)5-11-4-2-8/h1,3-5H2. The van der Waals surface area contributed by atoms with Crippen LogP contribution in [0.15, 0.2) is 0 Å². The van der Waals surface area contributed by atoms with E-state index in [1.54, 1.807) is 0 Å². The van der Waals surface area contributed by atoms with E-state index in [1.807, 2.05) is 6.07 Å². The van der Waals surface area contributed by atoms with Gasteiger partial charge in [-0.05, 0) is 0 Å². The first-order valence-corrected chi connectivity index (χ1v) is 5.25. The minimum atomic E-state index is -0.260. The molecule has 3 nitrogen and oxygen atoms in total. The number of rotatable bonds is 5. The quantitative estimate of drug-likeness (QED) is 0.410. The minimum absolute atomic E-state index is 0.260. The van der Waals surface area contributed by atoms with Gasteiger partial charge in [-0.2, -0.15) is 5.26 Å². The zero-order valence-corrected chi connectivity index (χ0v) is 8.28. The van der Waals surface area contributed by atoms with E-state index in [-0.39, 0.29) is 11.7 Å². The fourth-order valence-electron chi connectivity index (χ4n) is 0.374. The fraction of sp³-hybridized carbons (Fsp3) is 0.667. The van der Waals surface area contributed by atoms with Gasteiger partial charge in [-0.3, -0.25) is 4.79 Å². The largest absolute Gasteiger partial charge is 0.464 e. The third kappa shape index (κ3) is 7.69. The van der Waals surface area contributed by atoms with Gasteiger partial charge in [0.1, 0.15) is 6.61 Å². The van der Waals surface area contributed by atoms with E-state index in [9.17, 15) is 4.79 Å². The van der Waals surface area contributed by atoms with Crippen LogP contribution in [-0.4, -0.2) is 29.4 Å². The van der Waals surface area contributed by atoms with Crippen molar-refractivity contribution in [1.82, 2.24) is 0 Å². The lowest BCUT2D eigenvalue weighted by atomic mass is 10.8. The highest BCUT2D eigenvalue weighted by Gasteiger charge is 2.00. The Bertz CT molecular complexity index is 157. The van der Waals surface area contributed by atoms with Gasteiger partial charge < -0.3 is 4.74 Å². The number of carbonyl (C=O) groups excluding carboxylic acids is 1. The molecule has 0 spiro atoms. The summed E-state index contributed by atoms with van der Waals surface area (Å²) >= 11 is 4.38. The van der Waals surface area contributed by atoms with E-state index in [2.05, 4.69) is 15.9 Å². The summed E-state index contributed by atoms with van der Waals surface area (Å²) < 4.78 is 4.72. The number of alkyl halides is 1. The molecule has 0 atom stereocenters. The first-order valence-electron chi connectivity index (χ1n) is 2.97. The summed E-state index contributed by atoms with van der Waals surface area (Å²) in [5.74, 6) is 0.342. The van der Waals surface area contributed by atoms with E-state index in [1.165, 1.54) is 11.8 Å². The van der Waals surface area contributed by atoms with Gasteiger partial charge in [0.15, 0.2) is 0 Å². The van der Waals surface area contributed by atoms with Crippen molar-refractivity contribution in [3.05, 3.63) is 0 Å². The first kappa shape index (κ1) is 10.8. The second kappa shape index (κ2) is 7.89. The molecule has 0 aliphatic carbocycles. The van der Waals surface area contributed by atoms with Crippen LogP contribution in [0.2, 0.25) is 0 Å². The average molecular weight is 238 g/mol. The SMILES string of the molecule is N#CCSCC(=O)OCCBr. The maximum atomic E-state index is 10.7. The van der Waals surface area contributed by atoms with E-state index >= 15 is 0 Å². The summed E-state index contributed by atoms with van der Waals surface area (Å²) in [5.41, 5.74) is 0. The van der Waals surface area contributed by atoms with Crippen LogP contribution in [0.3, 0.4) is 0 Å². The number of hydrogen-bond acceptors (Lipinski definition) is 4. The number of thioether (sulfide) groups is 1. The molecule has 0 rings (SSSR count). The molecule has 0 aromatic heterocycles. The number of ether oxygens (including phenoxy) is 1. The Labute approximate surface area is 78.2 Å². The van der Waals surface area contributed by atoms with Gasteiger partial charge in [0.25, 0.3) is 0 Å². The molecule has 0 saturated heterocycles. The zero-order chi connectivity index (χ0) is 8.53. The molecule has 0 amide bonds. The van der Waals surface area contributed by atoms with E-state index in [0.29, 0.717) is 17.7 Å². The van der Waals surface area contributed by atoms with Crippen molar-refractivity contribution in [2.45, 2.75) is 0 Å². The molecule has 0 heterocycles. The van der Waals surface area contributed by atoms with Crippen LogP contribution in [0.5, 0.6) is 0 Å². The molecule has 0 aliphatic heterocycles. The second-order valence-electron chi connectivity index (χ2n) is 1.56. The van der Waals surface area contributed by atoms with Gasteiger partial charge in [0.05, 0.1) is 17.6 Å². The fourth-order valence-corrected chi connectivity index (χ4v) is 0.979. The lowest BCUT2D eigenvalue weighted by Gasteiger charge is -1.99. The Morgan fingerprint density at radius 1 is 1.73 bits per heavy atom. The first-order chi connectivity index (χ1) is 5.31. The average Bonchev–Trinajstić information content (AvgIpc) is 2.01. The summed E-state index contributed by atoms with van der Waals surface area (Å²) in [6, 6.07) is 1.93. The van der Waals surface area contributed by atoms with Gasteiger partial charge in [0, 0.05) is 5.33 Å². The van der Waals surface area contributed by atoms with Crippen LogP contribution in [0.4, 0.5) is 0 Å². The highest BCUT2D eigenvalue weighted by Crippen LogP contribution is 1.98. The Hall–Kier alpha value is -0.210. The predicted octanol–water partition coefficient (Wildman–Crippen LogP) is 1.18. The maximum absolute atomic E-state index is 10.7.